The van der Waals surface area contributed by atoms with E-state index in [4.69, 9.17) is 0 Å². The van der Waals surface area contributed by atoms with Crippen molar-refractivity contribution < 1.29 is 4.39 Å². The van der Waals surface area contributed by atoms with E-state index in [1.165, 1.54) is 44.9 Å². The van der Waals surface area contributed by atoms with Crippen molar-refractivity contribution in [2.45, 2.75) is 64.0 Å². The van der Waals surface area contributed by atoms with Gasteiger partial charge in [0.2, 0.25) is 0 Å². The molecule has 0 saturated heterocycles. The highest BCUT2D eigenvalue weighted by atomic mass is 19.1. The predicted molar refractivity (Wildman–Crippen MR) is 53.4 cm³/mol. The summed E-state index contributed by atoms with van der Waals surface area (Å²) in [6, 6.07) is 0. The lowest BCUT2D eigenvalue weighted by molar-refractivity contribution is 0.0923. The summed E-state index contributed by atoms with van der Waals surface area (Å²) in [6.45, 7) is 0. The van der Waals surface area contributed by atoms with Crippen LogP contribution in [0, 0.1) is 11.8 Å². The van der Waals surface area contributed by atoms with Crippen LogP contribution in [-0.2, 0) is 0 Å². The van der Waals surface area contributed by atoms with Gasteiger partial charge in [-0.3, -0.25) is 0 Å². The third-order valence-electron chi connectivity index (χ3n) is 3.99. The Balaban J connectivity index is 1.88. The second-order valence-electron chi connectivity index (χ2n) is 4.86. The van der Waals surface area contributed by atoms with Gasteiger partial charge >= 0.3 is 0 Å². The third-order valence-corrected chi connectivity index (χ3v) is 3.99. The number of halogens is 1. The van der Waals surface area contributed by atoms with Gasteiger partial charge in [0.25, 0.3) is 0 Å². The normalized spacial score (nSPS) is 37.6. The van der Waals surface area contributed by atoms with Crippen LogP contribution in [0.4, 0.5) is 4.39 Å². The molecule has 2 aliphatic rings. The minimum Gasteiger partial charge on any atom is -0.247 e. The first-order valence-electron chi connectivity index (χ1n) is 6.02. The van der Waals surface area contributed by atoms with Crippen molar-refractivity contribution in [3.63, 3.8) is 0 Å². The Bertz CT molecular complexity index is 149. The van der Waals surface area contributed by atoms with Gasteiger partial charge in [0.15, 0.2) is 0 Å². The fourth-order valence-electron chi connectivity index (χ4n) is 3.21. The lowest BCUT2D eigenvalue weighted by Crippen LogP contribution is -2.29. The van der Waals surface area contributed by atoms with E-state index >= 15 is 0 Å². The summed E-state index contributed by atoms with van der Waals surface area (Å²) in [6.07, 6.45) is 10.7. The van der Waals surface area contributed by atoms with E-state index in [9.17, 15) is 4.39 Å². The first kappa shape index (κ1) is 9.48. The second kappa shape index (κ2) is 4.43. The molecular formula is C12H21F. The molecule has 2 unspecified atom stereocenters. The average Bonchev–Trinajstić information content (AvgIpc) is 2.20. The lowest BCUT2D eigenvalue weighted by Gasteiger charge is -2.35. The number of alkyl halides is 1. The molecular weight excluding hydrogens is 163 g/mol. The minimum atomic E-state index is -0.461. The molecule has 0 spiro atoms. The molecule has 0 heterocycles. The van der Waals surface area contributed by atoms with Gasteiger partial charge in [-0.2, -0.15) is 0 Å². The minimum absolute atomic E-state index is 0.439. The molecule has 2 rings (SSSR count). The second-order valence-corrected chi connectivity index (χ2v) is 4.86. The maximum atomic E-state index is 13.6. The molecule has 2 fully saturated rings. The Hall–Kier alpha value is -0.0700. The van der Waals surface area contributed by atoms with Gasteiger partial charge in [0, 0.05) is 0 Å². The molecule has 0 amide bonds. The molecule has 1 heteroatoms. The van der Waals surface area contributed by atoms with Crippen molar-refractivity contribution in [1.82, 2.24) is 0 Å². The smallest absolute Gasteiger partial charge is 0.103 e. The van der Waals surface area contributed by atoms with Crippen LogP contribution in [0.15, 0.2) is 0 Å². The van der Waals surface area contributed by atoms with E-state index < -0.39 is 6.17 Å². The Morgan fingerprint density at radius 1 is 0.692 bits per heavy atom. The molecule has 0 radical (unpaired) electrons. The monoisotopic (exact) mass is 184 g/mol. The molecule has 2 atom stereocenters. The molecule has 0 aromatic heterocycles. The summed E-state index contributed by atoms with van der Waals surface area (Å²) in [7, 11) is 0. The molecule has 13 heavy (non-hydrogen) atoms. The highest BCUT2D eigenvalue weighted by Crippen LogP contribution is 2.39. The number of hydrogen-bond acceptors (Lipinski definition) is 0. The summed E-state index contributed by atoms with van der Waals surface area (Å²) in [5.74, 6) is 1.18. The molecule has 2 aliphatic carbocycles. The van der Waals surface area contributed by atoms with E-state index in [1.54, 1.807) is 0 Å². The van der Waals surface area contributed by atoms with E-state index in [2.05, 4.69) is 0 Å². The fraction of sp³-hybridized carbons (Fsp3) is 1.00. The van der Waals surface area contributed by atoms with Gasteiger partial charge < -0.3 is 0 Å². The molecule has 0 aromatic rings. The zero-order valence-electron chi connectivity index (χ0n) is 8.47. The van der Waals surface area contributed by atoms with Crippen LogP contribution in [0.5, 0.6) is 0 Å². The van der Waals surface area contributed by atoms with E-state index in [0.717, 1.165) is 18.8 Å². The van der Waals surface area contributed by atoms with Crippen LogP contribution >= 0.6 is 0 Å². The summed E-state index contributed by atoms with van der Waals surface area (Å²) in [5.41, 5.74) is 0. The van der Waals surface area contributed by atoms with Crippen LogP contribution in [0.2, 0.25) is 0 Å². The van der Waals surface area contributed by atoms with Gasteiger partial charge in [-0.1, -0.05) is 44.9 Å². The predicted octanol–water partition coefficient (Wildman–Crippen LogP) is 4.10. The fourth-order valence-corrected chi connectivity index (χ4v) is 3.21. The lowest BCUT2D eigenvalue weighted by atomic mass is 9.72. The van der Waals surface area contributed by atoms with Crippen molar-refractivity contribution in [3.8, 4) is 0 Å². The molecule has 0 N–H and O–H groups in total. The molecule has 0 aliphatic heterocycles. The number of hydrogen-bond donors (Lipinski definition) is 0. The Morgan fingerprint density at radius 3 is 2.00 bits per heavy atom. The van der Waals surface area contributed by atoms with Crippen molar-refractivity contribution in [2.24, 2.45) is 11.8 Å². The largest absolute Gasteiger partial charge is 0.247 e. The first-order chi connectivity index (χ1) is 6.38. The van der Waals surface area contributed by atoms with Gasteiger partial charge in [-0.05, 0) is 24.7 Å². The molecule has 76 valence electrons. The molecule has 2 saturated carbocycles. The zero-order valence-corrected chi connectivity index (χ0v) is 8.47. The van der Waals surface area contributed by atoms with Crippen LogP contribution in [0.25, 0.3) is 0 Å². The highest BCUT2D eigenvalue weighted by molar-refractivity contribution is 4.82. The van der Waals surface area contributed by atoms with Gasteiger partial charge in [0.1, 0.15) is 6.17 Å². The summed E-state index contributed by atoms with van der Waals surface area (Å²) in [5, 5.41) is 0. The van der Waals surface area contributed by atoms with Crippen LogP contribution in [0.1, 0.15) is 57.8 Å². The topological polar surface area (TPSA) is 0 Å². The summed E-state index contributed by atoms with van der Waals surface area (Å²) >= 11 is 0. The Kier molecular flexibility index (Phi) is 3.23. The summed E-state index contributed by atoms with van der Waals surface area (Å²) < 4.78 is 13.6. The first-order valence-corrected chi connectivity index (χ1v) is 6.02. The van der Waals surface area contributed by atoms with Crippen LogP contribution < -0.4 is 0 Å². The van der Waals surface area contributed by atoms with Gasteiger partial charge in [-0.15, -0.1) is 0 Å². The molecule has 0 nitrogen and oxygen atoms in total. The van der Waals surface area contributed by atoms with E-state index in [0.29, 0.717) is 5.92 Å². The number of rotatable bonds is 1. The Morgan fingerprint density at radius 2 is 1.31 bits per heavy atom. The van der Waals surface area contributed by atoms with Crippen LogP contribution in [0.3, 0.4) is 0 Å². The quantitative estimate of drug-likeness (QED) is 0.575. The standard InChI is InChI=1S/C12H21F/c13-12-9-5-4-8-11(12)10-6-2-1-3-7-10/h10-12H,1-9H2. The SMILES string of the molecule is FC1CCCCC1C1CCCCC1. The van der Waals surface area contributed by atoms with E-state index in [1.807, 2.05) is 0 Å². The van der Waals surface area contributed by atoms with Crippen molar-refractivity contribution in [1.29, 1.82) is 0 Å². The zero-order chi connectivity index (χ0) is 9.10. The Labute approximate surface area is 80.9 Å². The maximum absolute atomic E-state index is 13.6. The summed E-state index contributed by atoms with van der Waals surface area (Å²) in [4.78, 5) is 0. The van der Waals surface area contributed by atoms with Gasteiger partial charge in [-0.25, -0.2) is 4.39 Å². The van der Waals surface area contributed by atoms with Crippen molar-refractivity contribution in [2.75, 3.05) is 0 Å². The van der Waals surface area contributed by atoms with Crippen molar-refractivity contribution >= 4 is 0 Å². The highest BCUT2D eigenvalue weighted by Gasteiger charge is 2.32. The average molecular weight is 184 g/mol. The van der Waals surface area contributed by atoms with Gasteiger partial charge in [0.05, 0.1) is 0 Å². The third kappa shape index (κ3) is 2.24. The molecule has 0 aromatic carbocycles. The van der Waals surface area contributed by atoms with Crippen LogP contribution in [-0.4, -0.2) is 6.17 Å². The molecule has 0 bridgehead atoms. The van der Waals surface area contributed by atoms with E-state index in [-0.39, 0.29) is 0 Å². The maximum Gasteiger partial charge on any atom is 0.103 e. The van der Waals surface area contributed by atoms with Crippen molar-refractivity contribution in [3.05, 3.63) is 0 Å².